The Morgan fingerprint density at radius 1 is 1.00 bits per heavy atom. The number of rotatable bonds is 4. The van der Waals surface area contributed by atoms with Crippen molar-refractivity contribution in [1.82, 2.24) is 9.78 Å². The lowest BCUT2D eigenvalue weighted by Gasteiger charge is -2.11. The molecule has 1 heterocycles. The van der Waals surface area contributed by atoms with Gasteiger partial charge in [0.25, 0.3) is 15.6 Å². The number of sulfonamides is 1. The molecule has 0 aliphatic heterocycles. The van der Waals surface area contributed by atoms with Gasteiger partial charge >= 0.3 is 0 Å². The van der Waals surface area contributed by atoms with E-state index in [0.717, 1.165) is 15.8 Å². The molecule has 1 N–H and O–H groups in total. The number of benzene rings is 2. The third-order valence-corrected chi connectivity index (χ3v) is 5.89. The number of nitrogens with zero attached hydrogens (tertiary/aromatic N) is 2. The van der Waals surface area contributed by atoms with Gasteiger partial charge in [0, 0.05) is 5.69 Å². The number of hydrogen-bond donors (Lipinski definition) is 1. The molecule has 3 rings (SSSR count). The Bertz CT molecular complexity index is 1150. The van der Waals surface area contributed by atoms with Crippen LogP contribution in [-0.2, 0) is 10.0 Å². The van der Waals surface area contributed by atoms with Crippen LogP contribution < -0.4 is 10.3 Å². The molecule has 27 heavy (non-hydrogen) atoms. The van der Waals surface area contributed by atoms with Crippen molar-refractivity contribution in [2.24, 2.45) is 0 Å². The Labute approximate surface area is 166 Å². The van der Waals surface area contributed by atoms with Crippen LogP contribution in [0, 0.1) is 13.8 Å². The SMILES string of the molecule is Cc1cc(C)cc(NS(=O)(=O)c2ccc(-n3ncc(Cl)c(Cl)c3=O)cc2)c1. The molecule has 0 amide bonds. The van der Waals surface area contributed by atoms with Crippen molar-refractivity contribution >= 4 is 38.9 Å². The van der Waals surface area contributed by atoms with Crippen molar-refractivity contribution < 1.29 is 8.42 Å². The first-order valence-electron chi connectivity index (χ1n) is 7.82. The standard InChI is InChI=1S/C18H15Cl2N3O3S/c1-11-7-12(2)9-13(8-11)22-27(25,26)15-5-3-14(4-6-15)23-18(24)17(20)16(19)10-21-23/h3-10,22H,1-2H3. The van der Waals surface area contributed by atoms with Gasteiger partial charge in [-0.15, -0.1) is 0 Å². The number of hydrogen-bond acceptors (Lipinski definition) is 4. The first-order chi connectivity index (χ1) is 12.7. The van der Waals surface area contributed by atoms with Gasteiger partial charge in [0.2, 0.25) is 0 Å². The molecule has 0 saturated heterocycles. The molecule has 0 aliphatic carbocycles. The molecule has 0 bridgehead atoms. The predicted molar refractivity (Wildman–Crippen MR) is 107 cm³/mol. The molecule has 0 fully saturated rings. The smallest absolute Gasteiger partial charge is 0.280 e. The minimum absolute atomic E-state index is 0.0507. The third-order valence-electron chi connectivity index (χ3n) is 3.74. The van der Waals surface area contributed by atoms with Crippen LogP contribution in [0.5, 0.6) is 0 Å². The minimum Gasteiger partial charge on any atom is -0.280 e. The zero-order valence-electron chi connectivity index (χ0n) is 14.4. The van der Waals surface area contributed by atoms with Crippen molar-refractivity contribution in [1.29, 1.82) is 0 Å². The molecule has 0 unspecified atom stereocenters. The van der Waals surface area contributed by atoms with Crippen molar-refractivity contribution in [2.45, 2.75) is 18.7 Å². The lowest BCUT2D eigenvalue weighted by atomic mass is 10.1. The second-order valence-corrected chi connectivity index (χ2v) is 8.47. The number of nitrogens with one attached hydrogen (secondary N) is 1. The van der Waals surface area contributed by atoms with E-state index < -0.39 is 15.6 Å². The minimum atomic E-state index is -3.78. The Hall–Kier alpha value is -2.35. The molecule has 0 aliphatic rings. The average Bonchev–Trinajstić information content (AvgIpc) is 2.59. The highest BCUT2D eigenvalue weighted by Crippen LogP contribution is 2.20. The fourth-order valence-electron chi connectivity index (χ4n) is 2.61. The van der Waals surface area contributed by atoms with E-state index in [1.165, 1.54) is 30.5 Å². The van der Waals surface area contributed by atoms with Gasteiger partial charge in [-0.05, 0) is 61.4 Å². The fraction of sp³-hybridized carbons (Fsp3) is 0.111. The summed E-state index contributed by atoms with van der Waals surface area (Å²) in [5.74, 6) is 0. The number of halogens is 2. The lowest BCUT2D eigenvalue weighted by molar-refractivity contribution is 0.601. The van der Waals surface area contributed by atoms with E-state index in [1.54, 1.807) is 12.1 Å². The Morgan fingerprint density at radius 2 is 1.59 bits per heavy atom. The zero-order valence-corrected chi connectivity index (χ0v) is 16.7. The van der Waals surface area contributed by atoms with E-state index in [1.807, 2.05) is 19.9 Å². The molecule has 0 spiro atoms. The third kappa shape index (κ3) is 4.16. The highest BCUT2D eigenvalue weighted by molar-refractivity contribution is 7.92. The maximum atomic E-state index is 12.6. The van der Waals surface area contributed by atoms with Crippen molar-refractivity contribution in [2.75, 3.05) is 4.72 Å². The second-order valence-electron chi connectivity index (χ2n) is 6.00. The molecule has 2 aromatic carbocycles. The average molecular weight is 424 g/mol. The molecule has 140 valence electrons. The molecule has 0 radical (unpaired) electrons. The highest BCUT2D eigenvalue weighted by atomic mass is 35.5. The molecular formula is C18H15Cl2N3O3S. The molecule has 0 saturated carbocycles. The quantitative estimate of drug-likeness (QED) is 0.688. The zero-order chi connectivity index (χ0) is 19.8. The van der Waals surface area contributed by atoms with E-state index in [0.29, 0.717) is 11.4 Å². The fourth-order valence-corrected chi connectivity index (χ4v) is 3.90. The summed E-state index contributed by atoms with van der Waals surface area (Å²) in [7, 11) is -3.78. The van der Waals surface area contributed by atoms with Gasteiger partial charge < -0.3 is 0 Å². The van der Waals surface area contributed by atoms with Crippen LogP contribution >= 0.6 is 23.2 Å². The number of anilines is 1. The van der Waals surface area contributed by atoms with Gasteiger partial charge in [0.05, 0.1) is 21.8 Å². The Morgan fingerprint density at radius 3 is 2.19 bits per heavy atom. The van der Waals surface area contributed by atoms with Gasteiger partial charge in [0.1, 0.15) is 5.02 Å². The van der Waals surface area contributed by atoms with E-state index in [2.05, 4.69) is 9.82 Å². The highest BCUT2D eigenvalue weighted by Gasteiger charge is 2.16. The van der Waals surface area contributed by atoms with Crippen molar-refractivity contribution in [3.8, 4) is 5.69 Å². The predicted octanol–water partition coefficient (Wildman–Crippen LogP) is 3.96. The molecule has 0 atom stereocenters. The summed E-state index contributed by atoms with van der Waals surface area (Å²) in [6.07, 6.45) is 1.25. The Kier molecular flexibility index (Phi) is 5.28. The second kappa shape index (κ2) is 7.34. The topological polar surface area (TPSA) is 81.1 Å². The summed E-state index contributed by atoms with van der Waals surface area (Å²) < 4.78 is 28.8. The van der Waals surface area contributed by atoms with Crippen molar-refractivity contribution in [3.05, 3.63) is 80.2 Å². The summed E-state index contributed by atoms with van der Waals surface area (Å²) in [4.78, 5) is 12.2. The molecule has 9 heteroatoms. The maximum absolute atomic E-state index is 12.6. The molecule has 6 nitrogen and oxygen atoms in total. The van der Waals surface area contributed by atoms with Gasteiger partial charge in [0.15, 0.2) is 0 Å². The van der Waals surface area contributed by atoms with Gasteiger partial charge in [-0.25, -0.2) is 8.42 Å². The van der Waals surface area contributed by atoms with Gasteiger partial charge in [-0.3, -0.25) is 9.52 Å². The van der Waals surface area contributed by atoms with Crippen LogP contribution in [0.1, 0.15) is 11.1 Å². The van der Waals surface area contributed by atoms with E-state index in [4.69, 9.17) is 23.2 Å². The first-order valence-corrected chi connectivity index (χ1v) is 10.1. The van der Waals surface area contributed by atoms with Crippen LogP contribution in [0.25, 0.3) is 5.69 Å². The summed E-state index contributed by atoms with van der Waals surface area (Å²) >= 11 is 11.6. The van der Waals surface area contributed by atoms with Crippen LogP contribution in [0.2, 0.25) is 10.0 Å². The monoisotopic (exact) mass is 423 g/mol. The van der Waals surface area contributed by atoms with Crippen LogP contribution in [-0.4, -0.2) is 18.2 Å². The summed E-state index contributed by atoms with van der Waals surface area (Å²) in [6, 6.07) is 11.2. The normalized spacial score (nSPS) is 11.4. The summed E-state index contributed by atoms with van der Waals surface area (Å²) in [5.41, 5.74) is 2.16. The van der Waals surface area contributed by atoms with E-state index >= 15 is 0 Å². The number of aryl methyl sites for hydroxylation is 2. The van der Waals surface area contributed by atoms with Crippen LogP contribution in [0.4, 0.5) is 5.69 Å². The summed E-state index contributed by atoms with van der Waals surface area (Å²) in [5, 5.41) is 3.81. The molecule has 1 aromatic heterocycles. The maximum Gasteiger partial charge on any atom is 0.291 e. The molecular weight excluding hydrogens is 409 g/mol. The largest absolute Gasteiger partial charge is 0.291 e. The lowest BCUT2D eigenvalue weighted by Crippen LogP contribution is -2.21. The summed E-state index contributed by atoms with van der Waals surface area (Å²) in [6.45, 7) is 3.78. The first kappa shape index (κ1) is 19.4. The van der Waals surface area contributed by atoms with Crippen LogP contribution in [0.3, 0.4) is 0 Å². The Balaban J connectivity index is 1.93. The van der Waals surface area contributed by atoms with Crippen molar-refractivity contribution in [3.63, 3.8) is 0 Å². The van der Waals surface area contributed by atoms with Gasteiger partial charge in [-0.1, -0.05) is 29.3 Å². The number of aromatic nitrogens is 2. The van der Waals surface area contributed by atoms with E-state index in [-0.39, 0.29) is 14.9 Å². The molecule has 3 aromatic rings. The van der Waals surface area contributed by atoms with E-state index in [9.17, 15) is 13.2 Å². The van der Waals surface area contributed by atoms with Gasteiger partial charge in [-0.2, -0.15) is 9.78 Å². The van der Waals surface area contributed by atoms with Crippen LogP contribution in [0.15, 0.2) is 58.4 Å².